The highest BCUT2D eigenvalue weighted by Crippen LogP contribution is 2.30. The standard InChI is InChI=1S/C27H37N7O2/c1-18(28-30-26(35)12-14-32(3)4)20-8-10-24-22(16-20)23-17-21(9-11-25(23)34(24)7)19(2)29-31-27(36)13-15-33(5)6/h8-11,16-17H,12-15H2,1-7H3,(H,30,35)(H,31,36)/b28-18+,29-19+. The molecule has 0 fully saturated rings. The van der Waals surface area contributed by atoms with Crippen LogP contribution in [-0.4, -0.2) is 78.9 Å². The van der Waals surface area contributed by atoms with Crippen molar-refractivity contribution in [3.05, 3.63) is 47.5 Å². The van der Waals surface area contributed by atoms with Gasteiger partial charge in [0.1, 0.15) is 0 Å². The highest BCUT2D eigenvalue weighted by atomic mass is 16.2. The summed E-state index contributed by atoms with van der Waals surface area (Å²) in [6.07, 6.45) is 0.790. The van der Waals surface area contributed by atoms with E-state index in [9.17, 15) is 9.59 Å². The van der Waals surface area contributed by atoms with E-state index in [1.54, 1.807) is 0 Å². The fourth-order valence-corrected chi connectivity index (χ4v) is 3.85. The molecule has 36 heavy (non-hydrogen) atoms. The maximum atomic E-state index is 12.0. The van der Waals surface area contributed by atoms with E-state index in [1.165, 1.54) is 0 Å². The summed E-state index contributed by atoms with van der Waals surface area (Å²) >= 11 is 0. The summed E-state index contributed by atoms with van der Waals surface area (Å²) < 4.78 is 2.16. The number of aromatic nitrogens is 1. The van der Waals surface area contributed by atoms with Crippen LogP contribution in [0.5, 0.6) is 0 Å². The zero-order valence-electron chi connectivity index (χ0n) is 22.3. The first-order valence-electron chi connectivity index (χ1n) is 12.1. The molecule has 0 saturated heterocycles. The third kappa shape index (κ3) is 6.77. The number of benzene rings is 2. The van der Waals surface area contributed by atoms with Crippen LogP contribution < -0.4 is 10.9 Å². The largest absolute Gasteiger partial charge is 0.344 e. The highest BCUT2D eigenvalue weighted by Gasteiger charge is 2.12. The lowest BCUT2D eigenvalue weighted by atomic mass is 10.0. The number of nitrogens with zero attached hydrogens (tertiary/aromatic N) is 5. The van der Waals surface area contributed by atoms with Gasteiger partial charge in [0, 0.05) is 54.8 Å². The normalized spacial score (nSPS) is 12.7. The number of carbonyl (C=O) groups is 2. The lowest BCUT2D eigenvalue weighted by molar-refractivity contribution is -0.122. The fourth-order valence-electron chi connectivity index (χ4n) is 3.85. The van der Waals surface area contributed by atoms with E-state index >= 15 is 0 Å². The SMILES string of the molecule is C/C(=N\NC(=O)CCN(C)C)c1ccc2c(c1)c1cc(/C(C)=N/NC(=O)CCN(C)C)ccc1n2C. The van der Waals surface area contributed by atoms with Gasteiger partial charge in [-0.25, -0.2) is 10.9 Å². The minimum absolute atomic E-state index is 0.109. The molecule has 1 heterocycles. The van der Waals surface area contributed by atoms with Gasteiger partial charge >= 0.3 is 0 Å². The summed E-state index contributed by atoms with van der Waals surface area (Å²) in [6, 6.07) is 12.4. The Hall–Kier alpha value is -3.56. The smallest absolute Gasteiger partial charge is 0.241 e. The lowest BCUT2D eigenvalue weighted by Crippen LogP contribution is -2.24. The average molecular weight is 492 g/mol. The molecular weight excluding hydrogens is 454 g/mol. The molecule has 0 atom stereocenters. The molecule has 2 amide bonds. The van der Waals surface area contributed by atoms with Crippen molar-refractivity contribution in [3.63, 3.8) is 0 Å². The van der Waals surface area contributed by atoms with Gasteiger partial charge in [0.15, 0.2) is 0 Å². The molecular formula is C27H37N7O2. The molecule has 0 aliphatic rings. The molecule has 0 unspecified atom stereocenters. The van der Waals surface area contributed by atoms with Crippen LogP contribution in [0.4, 0.5) is 0 Å². The van der Waals surface area contributed by atoms with Crippen LogP contribution in [0, 0.1) is 0 Å². The summed E-state index contributed by atoms with van der Waals surface area (Å²) in [4.78, 5) is 28.0. The van der Waals surface area contributed by atoms with Crippen molar-refractivity contribution < 1.29 is 9.59 Å². The van der Waals surface area contributed by atoms with Gasteiger partial charge in [-0.05, 0) is 77.4 Å². The molecule has 2 N–H and O–H groups in total. The van der Waals surface area contributed by atoms with E-state index in [4.69, 9.17) is 0 Å². The quantitative estimate of drug-likeness (QED) is 0.337. The zero-order chi connectivity index (χ0) is 26.4. The van der Waals surface area contributed by atoms with Crippen LogP contribution >= 0.6 is 0 Å². The summed E-state index contributed by atoms with van der Waals surface area (Å²) in [5, 5.41) is 10.8. The summed E-state index contributed by atoms with van der Waals surface area (Å²) in [5.41, 5.74) is 10.9. The Kier molecular flexibility index (Phi) is 8.95. The summed E-state index contributed by atoms with van der Waals surface area (Å²) in [7, 11) is 9.78. The fraction of sp³-hybridized carbons (Fsp3) is 0.407. The molecule has 9 nitrogen and oxygen atoms in total. The minimum atomic E-state index is -0.109. The molecule has 192 valence electrons. The highest BCUT2D eigenvalue weighted by molar-refractivity contribution is 6.13. The average Bonchev–Trinajstić information content (AvgIpc) is 3.13. The second-order valence-corrected chi connectivity index (χ2v) is 9.59. The van der Waals surface area contributed by atoms with Gasteiger partial charge in [-0.15, -0.1) is 0 Å². The number of fused-ring (bicyclic) bond motifs is 3. The molecule has 2 aromatic carbocycles. The molecule has 9 heteroatoms. The lowest BCUT2D eigenvalue weighted by Gasteiger charge is -2.08. The van der Waals surface area contributed by atoms with Crippen molar-refractivity contribution in [2.45, 2.75) is 26.7 Å². The number of hydrogen-bond acceptors (Lipinski definition) is 6. The number of amides is 2. The Labute approximate surface area is 212 Å². The van der Waals surface area contributed by atoms with Crippen LogP contribution in [0.1, 0.15) is 37.8 Å². The number of rotatable bonds is 10. The minimum Gasteiger partial charge on any atom is -0.344 e. The zero-order valence-corrected chi connectivity index (χ0v) is 22.3. The van der Waals surface area contributed by atoms with E-state index in [0.717, 1.165) is 44.4 Å². The van der Waals surface area contributed by atoms with Crippen molar-refractivity contribution in [3.8, 4) is 0 Å². The molecule has 0 aliphatic carbocycles. The van der Waals surface area contributed by atoms with Crippen LogP contribution in [-0.2, 0) is 16.6 Å². The first-order valence-corrected chi connectivity index (χ1v) is 12.1. The van der Waals surface area contributed by atoms with E-state index in [-0.39, 0.29) is 11.8 Å². The maximum absolute atomic E-state index is 12.0. The van der Waals surface area contributed by atoms with Gasteiger partial charge in [-0.2, -0.15) is 10.2 Å². The Morgan fingerprint density at radius 2 is 1.14 bits per heavy atom. The van der Waals surface area contributed by atoms with Gasteiger partial charge < -0.3 is 14.4 Å². The molecule has 0 bridgehead atoms. The maximum Gasteiger partial charge on any atom is 0.241 e. The number of nitrogens with one attached hydrogen (secondary N) is 2. The van der Waals surface area contributed by atoms with Crippen molar-refractivity contribution in [1.29, 1.82) is 0 Å². The van der Waals surface area contributed by atoms with Gasteiger partial charge in [0.25, 0.3) is 0 Å². The molecule has 0 spiro atoms. The second-order valence-electron chi connectivity index (χ2n) is 9.59. The predicted molar refractivity (Wildman–Crippen MR) is 147 cm³/mol. The Morgan fingerprint density at radius 1 is 0.750 bits per heavy atom. The van der Waals surface area contributed by atoms with Crippen molar-refractivity contribution in [2.24, 2.45) is 17.3 Å². The van der Waals surface area contributed by atoms with Crippen molar-refractivity contribution in [1.82, 2.24) is 25.2 Å². The molecule has 3 aromatic rings. The molecule has 0 radical (unpaired) electrons. The number of aryl methyl sites for hydroxylation is 1. The van der Waals surface area contributed by atoms with Crippen LogP contribution in [0.25, 0.3) is 21.8 Å². The van der Waals surface area contributed by atoms with E-state index in [1.807, 2.05) is 71.0 Å². The molecule has 3 rings (SSSR count). The van der Waals surface area contributed by atoms with Crippen molar-refractivity contribution in [2.75, 3.05) is 41.3 Å². The number of hydrogen-bond donors (Lipinski definition) is 2. The summed E-state index contributed by atoms with van der Waals surface area (Å²) in [5.74, 6) is -0.218. The third-order valence-corrected chi connectivity index (χ3v) is 6.11. The monoisotopic (exact) mass is 491 g/mol. The first kappa shape index (κ1) is 27.0. The van der Waals surface area contributed by atoms with E-state index < -0.39 is 0 Å². The Balaban J connectivity index is 1.86. The van der Waals surface area contributed by atoms with Crippen LogP contribution in [0.15, 0.2) is 46.6 Å². The van der Waals surface area contributed by atoms with Crippen molar-refractivity contribution >= 4 is 45.0 Å². The van der Waals surface area contributed by atoms with E-state index in [2.05, 4.69) is 49.9 Å². The molecule has 1 aromatic heterocycles. The van der Waals surface area contributed by atoms with Gasteiger partial charge in [0.2, 0.25) is 11.8 Å². The molecule has 0 aliphatic heterocycles. The Bertz CT molecular complexity index is 1220. The topological polar surface area (TPSA) is 94.3 Å². The van der Waals surface area contributed by atoms with Crippen LogP contribution in [0.3, 0.4) is 0 Å². The van der Waals surface area contributed by atoms with Crippen LogP contribution in [0.2, 0.25) is 0 Å². The van der Waals surface area contributed by atoms with Gasteiger partial charge in [-0.1, -0.05) is 12.1 Å². The molecule has 0 saturated carbocycles. The Morgan fingerprint density at radius 3 is 1.50 bits per heavy atom. The van der Waals surface area contributed by atoms with Gasteiger partial charge in [0.05, 0.1) is 11.4 Å². The van der Waals surface area contributed by atoms with E-state index in [0.29, 0.717) is 25.9 Å². The second kappa shape index (κ2) is 11.9. The first-order chi connectivity index (χ1) is 17.1. The number of hydrazone groups is 2. The summed E-state index contributed by atoms with van der Waals surface area (Å²) in [6.45, 7) is 5.12. The number of carbonyl (C=O) groups excluding carboxylic acids is 2. The third-order valence-electron chi connectivity index (χ3n) is 6.11. The van der Waals surface area contributed by atoms with Gasteiger partial charge in [-0.3, -0.25) is 9.59 Å². The predicted octanol–water partition coefficient (Wildman–Crippen LogP) is 2.92.